The molecule has 3 heterocycles. The maximum atomic E-state index is 14.6. The Balaban J connectivity index is 1.38. The van der Waals surface area contributed by atoms with Crippen molar-refractivity contribution in [2.24, 2.45) is 22.9 Å². The number of nitrogens with zero attached hydrogens (tertiary/aromatic N) is 3. The first kappa shape index (κ1) is 95.5. The van der Waals surface area contributed by atoms with E-state index < -0.39 is 212 Å². The number of imidazole rings is 1. The van der Waals surface area contributed by atoms with Crippen LogP contribution in [-0.2, 0) is 94.3 Å². The summed E-state index contributed by atoms with van der Waals surface area (Å²) in [5.74, 6) is -18.7. The van der Waals surface area contributed by atoms with E-state index in [0.29, 0.717) is 11.3 Å². The number of hydrogen-bond donors (Lipinski definition) is 29. The van der Waals surface area contributed by atoms with Gasteiger partial charge in [0.2, 0.25) is 94.5 Å². The minimum atomic E-state index is -1.80. The molecule has 0 radical (unpaired) electrons. The summed E-state index contributed by atoms with van der Waals surface area (Å²) in [5, 5.41) is 80.5. The smallest absolute Gasteiger partial charge is 0.327 e. The number of aliphatic hydroxyl groups excluding tert-OH is 1. The highest BCUT2D eigenvalue weighted by Gasteiger charge is 2.42. The van der Waals surface area contributed by atoms with E-state index in [9.17, 15) is 96.8 Å². The largest absolute Gasteiger partial charge is 0.508 e. The highest BCUT2D eigenvalue weighted by molar-refractivity contribution is 7.80. The van der Waals surface area contributed by atoms with Crippen molar-refractivity contribution < 1.29 is 96.8 Å². The maximum absolute atomic E-state index is 14.6. The van der Waals surface area contributed by atoms with Gasteiger partial charge in [-0.05, 0) is 76.0 Å². The molecule has 29 N–H and O–H groups in total. The summed E-state index contributed by atoms with van der Waals surface area (Å²) < 4.78 is 0. The first-order valence-electron chi connectivity index (χ1n) is 35.7. The Morgan fingerprint density at radius 2 is 0.974 bits per heavy atom. The van der Waals surface area contributed by atoms with Gasteiger partial charge >= 0.3 is 5.97 Å². The Labute approximate surface area is 675 Å². The minimum absolute atomic E-state index is 0.0107. The number of thiol groups is 4. The van der Waals surface area contributed by atoms with Crippen LogP contribution in [0.2, 0.25) is 0 Å². The van der Waals surface area contributed by atoms with Crippen LogP contribution in [0.5, 0.6) is 5.75 Å². The molecule has 1 aromatic heterocycles. The fourth-order valence-electron chi connectivity index (χ4n) is 11.5. The highest BCUT2D eigenvalue weighted by atomic mass is 32.1. The molecule has 2 saturated heterocycles. The molecular formula is C65H101N25O20S4. The van der Waals surface area contributed by atoms with Crippen LogP contribution in [0.15, 0.2) is 36.8 Å². The molecule has 2 fully saturated rings. The molecule has 630 valence electrons. The van der Waals surface area contributed by atoms with Gasteiger partial charge in [-0.2, -0.15) is 50.5 Å². The molecule has 0 saturated carbocycles. The molecule has 0 aliphatic carbocycles. The Bertz CT molecular complexity index is 3740. The molecule has 2 aromatic rings. The lowest BCUT2D eigenvalue weighted by atomic mass is 10.0. The third kappa shape index (κ3) is 31.9. The van der Waals surface area contributed by atoms with E-state index >= 15 is 0 Å². The number of primary amides is 1. The number of phenols is 1. The minimum Gasteiger partial charge on any atom is -0.508 e. The molecule has 0 spiro atoms. The van der Waals surface area contributed by atoms with E-state index in [1.165, 1.54) is 48.6 Å². The number of aromatic amines is 1. The average molecular weight is 1680 g/mol. The lowest BCUT2D eigenvalue weighted by Crippen LogP contribution is -2.61. The molecule has 1 aromatic carbocycles. The van der Waals surface area contributed by atoms with E-state index in [1.54, 1.807) is 0 Å². The fraction of sp³-hybridized carbons (Fsp3) is 0.569. The number of aromatic nitrogens is 2. The van der Waals surface area contributed by atoms with Gasteiger partial charge in [0.05, 0.1) is 39.0 Å². The Hall–Kier alpha value is -10.9. The van der Waals surface area contributed by atoms with Crippen molar-refractivity contribution in [2.45, 2.75) is 156 Å². The van der Waals surface area contributed by atoms with Crippen LogP contribution in [0.1, 0.15) is 76.0 Å². The molecule has 49 heteroatoms. The molecule has 0 unspecified atom stereocenters. The molecular weight excluding hydrogens is 1580 g/mol. The third-order valence-electron chi connectivity index (χ3n) is 17.5. The van der Waals surface area contributed by atoms with E-state index in [-0.39, 0.29) is 131 Å². The predicted octanol–water partition coefficient (Wildman–Crippen LogP) is -11.4. The lowest BCUT2D eigenvalue weighted by Gasteiger charge is -2.30. The number of H-pyrrole nitrogens is 1. The number of carbonyl (C=O) groups is 17. The first-order valence-corrected chi connectivity index (χ1v) is 38.3. The number of hydrogen-bond acceptors (Lipinski definition) is 27. The Kier molecular flexibility index (Phi) is 40.9. The van der Waals surface area contributed by atoms with Crippen molar-refractivity contribution in [1.82, 2.24) is 99.5 Å². The standard InChI is InChI=1S/C65H101N25O20S4/c1-31(51(97)85-41(26-111)53(99)76-24-50(96)89-16-4-8-45(89)61(107)82-38(20-47(67)93)56(102)81-37(18-32-10-12-34(92)13-11-32)55(101)84-40(25-91)57(103)88-44(29-114)63(109)110)78-60(106)46-9-5-17-90(46)62(108)39(19-33-22-72-30-77-33)83-58(104)42(27-112)87-59(105)43(28-113)86-54(100)36(7-3-15-74-65(70)71)80-49(95)23-75-52(98)35(79-48(94)21-66)6-2-14-73-64(68)69/h10-13,22,30-31,35-46,91-92,111-114H,2-9,14-21,23-29,66H2,1H3,(H2,67,93)(H,72,77)(H,75,98)(H,76,99)(H,78,106)(H,79,94)(H,80,95)(H,81,102)(H,82,107)(H,83,104)(H,84,101)(H,85,97)(H,86,100)(H,87,105)(H,88,103)(H,109,110)(H4,68,69,73)(H4,70,71,74)/t31-,35-,36-,37-,38-,39-,40-,41-,42-,43-,44-,45-,46-/m0/s1. The third-order valence-corrected chi connectivity index (χ3v) is 18.9. The fourth-order valence-corrected chi connectivity index (χ4v) is 12.5. The van der Waals surface area contributed by atoms with Crippen LogP contribution in [0.25, 0.3) is 0 Å². The number of nitrogens with two attached hydrogens (primary N) is 4. The molecule has 114 heavy (non-hydrogen) atoms. The summed E-state index contributed by atoms with van der Waals surface area (Å²) in [6, 6.07) is -13.8. The number of aliphatic carboxylic acids is 1. The van der Waals surface area contributed by atoms with Crippen LogP contribution >= 0.6 is 50.5 Å². The van der Waals surface area contributed by atoms with Gasteiger partial charge in [0.1, 0.15) is 84.3 Å². The molecule has 13 atom stereocenters. The summed E-state index contributed by atoms with van der Waals surface area (Å²) in [6.45, 7) is -1.46. The van der Waals surface area contributed by atoms with Gasteiger partial charge < -0.3 is 133 Å². The zero-order chi connectivity index (χ0) is 84.9. The SMILES string of the molecule is C[C@H](NC(=O)[C@@H]1CCCN1C(=O)[C@H](Cc1cnc[nH]1)NC(=O)[C@H](CS)NC(=O)[C@H](CS)NC(=O)[C@H](CCCNC(=N)N)NC(=O)CNC(=O)[C@H](CCCNC(=N)N)NC(=O)CN)C(=O)N[C@@H](CS)C(=O)NCC(=O)N1CCC[C@H]1C(=O)N[C@@H](CC(N)=O)C(=O)N[C@@H](Cc1ccc(O)cc1)C(=O)N[C@@H](CO)C(=O)N[C@@H](CS)C(=O)O. The van der Waals surface area contributed by atoms with Crippen LogP contribution in [0.3, 0.4) is 0 Å². The van der Waals surface area contributed by atoms with Gasteiger partial charge in [0.25, 0.3) is 0 Å². The normalized spacial score (nSPS) is 16.5. The summed E-state index contributed by atoms with van der Waals surface area (Å²) in [6.07, 6.45) is 2.18. The van der Waals surface area contributed by atoms with Crippen molar-refractivity contribution in [1.29, 1.82) is 10.8 Å². The molecule has 0 bridgehead atoms. The zero-order valence-corrected chi connectivity index (χ0v) is 65.5. The number of benzene rings is 1. The number of likely N-dealkylation sites (tertiary alicyclic amines) is 2. The van der Waals surface area contributed by atoms with Gasteiger partial charge in [-0.15, -0.1) is 0 Å². The van der Waals surface area contributed by atoms with E-state index in [2.05, 4.69) is 140 Å². The maximum Gasteiger partial charge on any atom is 0.327 e. The summed E-state index contributed by atoms with van der Waals surface area (Å²) in [7, 11) is 0. The van der Waals surface area contributed by atoms with Crippen molar-refractivity contribution in [3.63, 3.8) is 0 Å². The van der Waals surface area contributed by atoms with Crippen LogP contribution < -0.4 is 103 Å². The number of carboxylic acids is 1. The summed E-state index contributed by atoms with van der Waals surface area (Å²) in [5.41, 5.74) is 22.3. The van der Waals surface area contributed by atoms with Crippen molar-refractivity contribution >= 4 is 163 Å². The predicted molar refractivity (Wildman–Crippen MR) is 418 cm³/mol. The lowest BCUT2D eigenvalue weighted by molar-refractivity contribution is -0.142. The number of carbonyl (C=O) groups excluding carboxylic acids is 16. The zero-order valence-electron chi connectivity index (χ0n) is 62.0. The van der Waals surface area contributed by atoms with Gasteiger partial charge in [-0.1, -0.05) is 12.1 Å². The monoisotopic (exact) mass is 1680 g/mol. The first-order chi connectivity index (χ1) is 54.1. The second kappa shape index (κ2) is 48.9. The number of aromatic hydroxyl groups is 1. The topological polar surface area (TPSA) is 718 Å². The van der Waals surface area contributed by atoms with E-state index in [1.807, 2.05) is 0 Å². The van der Waals surface area contributed by atoms with Crippen molar-refractivity contribution in [3.8, 4) is 5.75 Å². The number of aliphatic hydroxyl groups is 1. The number of guanidine groups is 2. The summed E-state index contributed by atoms with van der Waals surface area (Å²) in [4.78, 5) is 238. The second-order valence-corrected chi connectivity index (χ2v) is 27.5. The number of amides is 16. The molecule has 4 rings (SSSR count). The number of phenolic OH excluding ortho intramolecular Hbond substituents is 1. The molecule has 2 aliphatic heterocycles. The van der Waals surface area contributed by atoms with Gasteiger partial charge in [0.15, 0.2) is 11.9 Å². The molecule has 16 amide bonds. The summed E-state index contributed by atoms with van der Waals surface area (Å²) >= 11 is 16.6. The number of nitrogens with one attached hydrogen (secondary N) is 18. The van der Waals surface area contributed by atoms with Gasteiger partial charge in [-0.25, -0.2) is 9.78 Å². The van der Waals surface area contributed by atoms with E-state index in [4.69, 9.17) is 33.8 Å². The molecule has 45 nitrogen and oxygen atoms in total. The van der Waals surface area contributed by atoms with E-state index in [0.717, 1.165) is 4.90 Å². The quantitative estimate of drug-likeness (QED) is 0.0127. The highest BCUT2D eigenvalue weighted by Crippen LogP contribution is 2.22. The van der Waals surface area contributed by atoms with Crippen LogP contribution in [0.4, 0.5) is 0 Å². The van der Waals surface area contributed by atoms with Gasteiger partial charge in [-0.3, -0.25) is 87.5 Å². The second-order valence-electron chi connectivity index (χ2n) is 26.1. The number of carboxylic acid groups (broad SMARTS) is 1. The molecule has 2 aliphatic rings. The van der Waals surface area contributed by atoms with Gasteiger partial charge in [0, 0.05) is 73.9 Å². The Morgan fingerprint density at radius 3 is 1.50 bits per heavy atom. The van der Waals surface area contributed by atoms with Crippen LogP contribution in [-0.4, -0.2) is 301 Å². The average Bonchev–Trinajstić information content (AvgIpc) is 1.61. The van der Waals surface area contributed by atoms with Crippen molar-refractivity contribution in [2.75, 3.05) is 75.4 Å². The number of rotatable bonds is 48. The Morgan fingerprint density at radius 1 is 0.526 bits per heavy atom. The van der Waals surface area contributed by atoms with Crippen molar-refractivity contribution in [3.05, 3.63) is 48.0 Å². The van der Waals surface area contributed by atoms with Crippen LogP contribution in [0, 0.1) is 10.8 Å².